The minimum absolute atomic E-state index is 0.0330. The highest BCUT2D eigenvalue weighted by atomic mass is 32.2. The summed E-state index contributed by atoms with van der Waals surface area (Å²) < 4.78 is 23.1. The largest absolute Gasteiger partial charge is 0.354 e. The molecule has 2 aliphatic heterocycles. The van der Waals surface area contributed by atoms with Gasteiger partial charge in [-0.1, -0.05) is 24.3 Å². The van der Waals surface area contributed by atoms with Crippen LogP contribution in [-0.4, -0.2) is 74.9 Å². The van der Waals surface area contributed by atoms with Crippen molar-refractivity contribution in [3.8, 4) is 0 Å². The number of nitrogens with zero attached hydrogens (tertiary/aromatic N) is 2. The Kier molecular flexibility index (Phi) is 5.76. The summed E-state index contributed by atoms with van der Waals surface area (Å²) >= 11 is 0. The summed E-state index contributed by atoms with van der Waals surface area (Å²) in [6.07, 6.45) is 1.68. The standard InChI is InChI=1S/C18H27N3O3S/c1-20(17-7-11-25(23,24)14-17)13-18(22)19-8-10-21-9-6-15-4-2-3-5-16(15)12-21/h2-5,17H,6-14H2,1H3,(H,19,22). The molecule has 0 aliphatic carbocycles. The minimum Gasteiger partial charge on any atom is -0.354 e. The van der Waals surface area contributed by atoms with E-state index in [9.17, 15) is 13.2 Å². The first-order valence-corrected chi connectivity index (χ1v) is 10.7. The molecule has 3 rings (SSSR count). The van der Waals surface area contributed by atoms with E-state index in [0.29, 0.717) is 13.0 Å². The van der Waals surface area contributed by atoms with Crippen molar-refractivity contribution in [2.24, 2.45) is 0 Å². The van der Waals surface area contributed by atoms with Crippen molar-refractivity contribution in [2.45, 2.75) is 25.4 Å². The lowest BCUT2D eigenvalue weighted by molar-refractivity contribution is -0.122. The molecule has 1 unspecified atom stereocenters. The van der Waals surface area contributed by atoms with E-state index in [-0.39, 0.29) is 30.0 Å². The molecule has 0 spiro atoms. The molecule has 2 heterocycles. The third kappa shape index (κ3) is 5.03. The van der Waals surface area contributed by atoms with Gasteiger partial charge in [-0.05, 0) is 31.0 Å². The van der Waals surface area contributed by atoms with Crippen LogP contribution < -0.4 is 5.32 Å². The van der Waals surface area contributed by atoms with Gasteiger partial charge in [0.25, 0.3) is 0 Å². The number of carbonyl (C=O) groups is 1. The Bertz CT molecular complexity index is 720. The van der Waals surface area contributed by atoms with Crippen LogP contribution in [0.15, 0.2) is 24.3 Å². The van der Waals surface area contributed by atoms with Gasteiger partial charge >= 0.3 is 0 Å². The van der Waals surface area contributed by atoms with Crippen LogP contribution in [0, 0.1) is 0 Å². The molecule has 0 aromatic heterocycles. The zero-order valence-corrected chi connectivity index (χ0v) is 15.6. The van der Waals surface area contributed by atoms with Crippen molar-refractivity contribution in [3.05, 3.63) is 35.4 Å². The number of nitrogens with one attached hydrogen (secondary N) is 1. The Morgan fingerprint density at radius 3 is 2.80 bits per heavy atom. The molecule has 1 fully saturated rings. The quantitative estimate of drug-likeness (QED) is 0.784. The van der Waals surface area contributed by atoms with Crippen molar-refractivity contribution in [1.82, 2.24) is 15.1 Å². The third-order valence-electron chi connectivity index (χ3n) is 5.18. The number of carbonyl (C=O) groups excluding carboxylic acids is 1. The van der Waals surface area contributed by atoms with E-state index in [1.165, 1.54) is 11.1 Å². The number of amides is 1. The number of hydrogen-bond acceptors (Lipinski definition) is 5. The van der Waals surface area contributed by atoms with E-state index in [0.717, 1.165) is 26.1 Å². The van der Waals surface area contributed by atoms with Gasteiger partial charge in [-0.3, -0.25) is 14.6 Å². The fourth-order valence-corrected chi connectivity index (χ4v) is 5.44. The molecule has 7 heteroatoms. The molecule has 1 atom stereocenters. The van der Waals surface area contributed by atoms with E-state index in [4.69, 9.17) is 0 Å². The number of benzene rings is 1. The van der Waals surface area contributed by atoms with Gasteiger partial charge in [0.15, 0.2) is 9.84 Å². The monoisotopic (exact) mass is 365 g/mol. The van der Waals surface area contributed by atoms with Crippen LogP contribution in [0.2, 0.25) is 0 Å². The SMILES string of the molecule is CN(CC(=O)NCCN1CCc2ccccc2C1)C1CCS(=O)(=O)C1. The predicted octanol–water partition coefficient (Wildman–Crippen LogP) is 0.280. The molecule has 1 N–H and O–H groups in total. The van der Waals surface area contributed by atoms with Crippen molar-refractivity contribution >= 4 is 15.7 Å². The van der Waals surface area contributed by atoms with Crippen molar-refractivity contribution in [1.29, 1.82) is 0 Å². The lowest BCUT2D eigenvalue weighted by Crippen LogP contribution is -2.43. The first-order valence-electron chi connectivity index (χ1n) is 8.89. The summed E-state index contributed by atoms with van der Waals surface area (Å²) in [4.78, 5) is 16.3. The molecule has 1 amide bonds. The van der Waals surface area contributed by atoms with Crippen LogP contribution in [0.25, 0.3) is 0 Å². The highest BCUT2D eigenvalue weighted by Crippen LogP contribution is 2.18. The van der Waals surface area contributed by atoms with E-state index >= 15 is 0 Å². The second-order valence-corrected chi connectivity index (χ2v) is 9.35. The fourth-order valence-electron chi connectivity index (χ4n) is 3.63. The first-order chi connectivity index (χ1) is 11.9. The maximum atomic E-state index is 12.1. The van der Waals surface area contributed by atoms with Gasteiger partial charge < -0.3 is 5.32 Å². The molecule has 0 bridgehead atoms. The van der Waals surface area contributed by atoms with Crippen LogP contribution in [0.5, 0.6) is 0 Å². The molecular formula is C18H27N3O3S. The number of fused-ring (bicyclic) bond motifs is 1. The molecule has 25 heavy (non-hydrogen) atoms. The number of rotatable bonds is 6. The van der Waals surface area contributed by atoms with Crippen molar-refractivity contribution in [3.63, 3.8) is 0 Å². The summed E-state index contributed by atoms with van der Waals surface area (Å²) in [5, 5.41) is 2.96. The number of hydrogen-bond donors (Lipinski definition) is 1. The van der Waals surface area contributed by atoms with Gasteiger partial charge in [0.2, 0.25) is 5.91 Å². The Morgan fingerprint density at radius 1 is 1.32 bits per heavy atom. The smallest absolute Gasteiger partial charge is 0.234 e. The molecule has 6 nitrogen and oxygen atoms in total. The minimum atomic E-state index is -2.91. The second-order valence-electron chi connectivity index (χ2n) is 7.12. The van der Waals surface area contributed by atoms with Gasteiger partial charge in [-0.2, -0.15) is 0 Å². The predicted molar refractivity (Wildman–Crippen MR) is 98.1 cm³/mol. The van der Waals surface area contributed by atoms with E-state index in [1.54, 1.807) is 0 Å². The van der Waals surface area contributed by atoms with E-state index in [2.05, 4.69) is 34.5 Å². The van der Waals surface area contributed by atoms with Gasteiger partial charge in [0, 0.05) is 32.2 Å². The van der Waals surface area contributed by atoms with Crippen molar-refractivity contribution < 1.29 is 13.2 Å². The maximum absolute atomic E-state index is 12.1. The summed E-state index contributed by atoms with van der Waals surface area (Å²) in [5.41, 5.74) is 2.80. The summed E-state index contributed by atoms with van der Waals surface area (Å²) in [7, 11) is -1.09. The molecule has 2 aliphatic rings. The van der Waals surface area contributed by atoms with Gasteiger partial charge in [-0.25, -0.2) is 8.42 Å². The third-order valence-corrected chi connectivity index (χ3v) is 6.94. The molecule has 1 saturated heterocycles. The molecule has 1 aromatic carbocycles. The number of sulfone groups is 1. The zero-order chi connectivity index (χ0) is 17.9. The molecular weight excluding hydrogens is 338 g/mol. The van der Waals surface area contributed by atoms with Crippen LogP contribution in [0.1, 0.15) is 17.5 Å². The summed E-state index contributed by atoms with van der Waals surface area (Å²) in [6, 6.07) is 8.48. The fraction of sp³-hybridized carbons (Fsp3) is 0.611. The van der Waals surface area contributed by atoms with Crippen LogP contribution >= 0.6 is 0 Å². The van der Waals surface area contributed by atoms with Crippen LogP contribution in [0.4, 0.5) is 0 Å². The Morgan fingerprint density at radius 2 is 2.08 bits per heavy atom. The molecule has 1 aromatic rings. The Hall–Kier alpha value is -1.44. The molecule has 138 valence electrons. The lowest BCUT2D eigenvalue weighted by Gasteiger charge is -2.29. The normalized spacial score (nSPS) is 22.7. The van der Waals surface area contributed by atoms with E-state index < -0.39 is 9.84 Å². The Balaban J connectivity index is 1.37. The van der Waals surface area contributed by atoms with Gasteiger partial charge in [0.1, 0.15) is 0 Å². The number of likely N-dealkylation sites (N-methyl/N-ethyl adjacent to an activating group) is 1. The highest BCUT2D eigenvalue weighted by molar-refractivity contribution is 7.91. The Labute approximate surface area is 150 Å². The first kappa shape index (κ1) is 18.4. The van der Waals surface area contributed by atoms with Crippen LogP contribution in [0.3, 0.4) is 0 Å². The van der Waals surface area contributed by atoms with Gasteiger partial charge in [0.05, 0.1) is 18.1 Å². The topological polar surface area (TPSA) is 69.7 Å². The van der Waals surface area contributed by atoms with Crippen molar-refractivity contribution in [2.75, 3.05) is 44.7 Å². The van der Waals surface area contributed by atoms with E-state index in [1.807, 2.05) is 11.9 Å². The van der Waals surface area contributed by atoms with Crippen LogP contribution in [-0.2, 0) is 27.6 Å². The highest BCUT2D eigenvalue weighted by Gasteiger charge is 2.31. The average molecular weight is 365 g/mol. The maximum Gasteiger partial charge on any atom is 0.234 e. The van der Waals surface area contributed by atoms with Gasteiger partial charge in [-0.15, -0.1) is 0 Å². The second kappa shape index (κ2) is 7.85. The molecule has 0 radical (unpaired) electrons. The zero-order valence-electron chi connectivity index (χ0n) is 14.8. The lowest BCUT2D eigenvalue weighted by atomic mass is 10.00. The average Bonchev–Trinajstić information content (AvgIpc) is 2.95. The molecule has 0 saturated carbocycles. The summed E-state index contributed by atoms with van der Waals surface area (Å²) in [6.45, 7) is 3.67. The summed E-state index contributed by atoms with van der Waals surface area (Å²) in [5.74, 6) is 0.369.